The Kier molecular flexibility index (Phi) is 5.93. The van der Waals surface area contributed by atoms with Crippen LogP contribution >= 0.6 is 0 Å². The molecule has 7 heteroatoms. The summed E-state index contributed by atoms with van der Waals surface area (Å²) in [7, 11) is 2.19. The molecule has 3 aromatic rings. The van der Waals surface area contributed by atoms with E-state index < -0.39 is 0 Å². The number of pyridine rings is 1. The number of likely N-dealkylation sites (N-methyl/N-ethyl adjacent to an activating group) is 1. The Balaban J connectivity index is 1.22. The van der Waals surface area contributed by atoms with E-state index in [2.05, 4.69) is 38.2 Å². The van der Waals surface area contributed by atoms with Gasteiger partial charge in [0.15, 0.2) is 5.89 Å². The number of oxazole rings is 1. The molecular formula is C25H31N5O2. The lowest BCUT2D eigenvalue weighted by Gasteiger charge is -2.40. The SMILES string of the molecule is Cc1nc(-c2ccc3cnc(NC(=O)C4CCC(N5CCN(C)CC5)CC4)cc3c2)co1. The first-order chi connectivity index (χ1) is 15.5. The molecule has 32 heavy (non-hydrogen) atoms. The molecule has 0 unspecified atom stereocenters. The van der Waals surface area contributed by atoms with Crippen LogP contribution in [-0.4, -0.2) is 64.9 Å². The van der Waals surface area contributed by atoms with Gasteiger partial charge in [0.25, 0.3) is 0 Å². The monoisotopic (exact) mass is 433 g/mol. The number of benzene rings is 1. The van der Waals surface area contributed by atoms with Crippen LogP contribution in [0.4, 0.5) is 5.82 Å². The summed E-state index contributed by atoms with van der Waals surface area (Å²) in [5.41, 5.74) is 1.80. The van der Waals surface area contributed by atoms with E-state index in [0.717, 1.165) is 73.9 Å². The second-order valence-corrected chi connectivity index (χ2v) is 9.22. The van der Waals surface area contributed by atoms with E-state index in [4.69, 9.17) is 4.42 Å². The van der Waals surface area contributed by atoms with E-state index in [1.807, 2.05) is 31.3 Å². The van der Waals surface area contributed by atoms with Crippen LogP contribution in [0.5, 0.6) is 0 Å². The first-order valence-corrected chi connectivity index (χ1v) is 11.6. The predicted molar refractivity (Wildman–Crippen MR) is 125 cm³/mol. The smallest absolute Gasteiger partial charge is 0.228 e. The zero-order valence-electron chi connectivity index (χ0n) is 18.9. The number of hydrogen-bond donors (Lipinski definition) is 1. The third-order valence-corrected chi connectivity index (χ3v) is 7.01. The number of carbonyl (C=O) groups excluding carboxylic acids is 1. The molecule has 0 spiro atoms. The van der Waals surface area contributed by atoms with Crippen LogP contribution in [0.25, 0.3) is 22.0 Å². The lowest BCUT2D eigenvalue weighted by Crippen LogP contribution is -2.50. The number of aryl methyl sites for hydroxylation is 1. The second kappa shape index (κ2) is 9.00. The molecule has 1 aliphatic heterocycles. The number of carbonyl (C=O) groups is 1. The molecule has 0 atom stereocenters. The third kappa shape index (κ3) is 4.54. The van der Waals surface area contributed by atoms with Gasteiger partial charge in [0.05, 0.1) is 0 Å². The van der Waals surface area contributed by atoms with Crippen molar-refractivity contribution in [3.8, 4) is 11.3 Å². The summed E-state index contributed by atoms with van der Waals surface area (Å²) >= 11 is 0. The van der Waals surface area contributed by atoms with E-state index >= 15 is 0 Å². The average molecular weight is 434 g/mol. The van der Waals surface area contributed by atoms with Gasteiger partial charge in [-0.15, -0.1) is 0 Å². The van der Waals surface area contributed by atoms with Crippen molar-refractivity contribution >= 4 is 22.5 Å². The van der Waals surface area contributed by atoms with Crippen molar-refractivity contribution in [3.05, 3.63) is 42.6 Å². The minimum atomic E-state index is 0.0700. The summed E-state index contributed by atoms with van der Waals surface area (Å²) in [4.78, 5) is 26.8. The summed E-state index contributed by atoms with van der Waals surface area (Å²) in [6.07, 6.45) is 7.59. The van der Waals surface area contributed by atoms with Gasteiger partial charge in [-0.1, -0.05) is 12.1 Å². The molecule has 1 amide bonds. The quantitative estimate of drug-likeness (QED) is 0.672. The highest BCUT2D eigenvalue weighted by Crippen LogP contribution is 2.30. The first-order valence-electron chi connectivity index (χ1n) is 11.6. The summed E-state index contributed by atoms with van der Waals surface area (Å²) in [6, 6.07) is 8.67. The molecule has 1 saturated carbocycles. The molecule has 1 aromatic carbocycles. The molecule has 5 rings (SSSR count). The van der Waals surface area contributed by atoms with Crippen LogP contribution in [0.2, 0.25) is 0 Å². The Labute approximate surface area is 188 Å². The Bertz CT molecular complexity index is 1090. The lowest BCUT2D eigenvalue weighted by atomic mass is 9.84. The van der Waals surface area contributed by atoms with E-state index in [1.165, 1.54) is 0 Å². The molecule has 1 N–H and O–H groups in total. The van der Waals surface area contributed by atoms with Gasteiger partial charge < -0.3 is 14.6 Å². The van der Waals surface area contributed by atoms with Gasteiger partial charge in [-0.05, 0) is 50.2 Å². The van der Waals surface area contributed by atoms with E-state index in [0.29, 0.717) is 17.8 Å². The van der Waals surface area contributed by atoms with Crippen molar-refractivity contribution < 1.29 is 9.21 Å². The summed E-state index contributed by atoms with van der Waals surface area (Å²) in [6.45, 7) is 6.42. The minimum absolute atomic E-state index is 0.0700. The van der Waals surface area contributed by atoms with Crippen molar-refractivity contribution in [3.63, 3.8) is 0 Å². The van der Waals surface area contributed by atoms with Crippen LogP contribution in [0.15, 0.2) is 41.1 Å². The number of fused-ring (bicyclic) bond motifs is 1. The summed E-state index contributed by atoms with van der Waals surface area (Å²) in [5.74, 6) is 1.42. The van der Waals surface area contributed by atoms with Crippen molar-refractivity contribution in [2.45, 2.75) is 38.6 Å². The molecule has 1 saturated heterocycles. The Morgan fingerprint density at radius 1 is 1.06 bits per heavy atom. The van der Waals surface area contributed by atoms with Crippen LogP contribution < -0.4 is 5.32 Å². The third-order valence-electron chi connectivity index (χ3n) is 7.01. The highest BCUT2D eigenvalue weighted by Gasteiger charge is 2.30. The van der Waals surface area contributed by atoms with E-state index in [1.54, 1.807) is 6.26 Å². The fraction of sp³-hybridized carbons (Fsp3) is 0.480. The number of anilines is 1. The van der Waals surface area contributed by atoms with Gasteiger partial charge in [0.2, 0.25) is 5.91 Å². The molecule has 2 aromatic heterocycles. The number of piperazine rings is 1. The molecule has 3 heterocycles. The summed E-state index contributed by atoms with van der Waals surface area (Å²) < 4.78 is 5.34. The Hall–Kier alpha value is -2.77. The van der Waals surface area contributed by atoms with Gasteiger partial charge in [-0.2, -0.15) is 0 Å². The number of hydrogen-bond acceptors (Lipinski definition) is 6. The normalized spacial score (nSPS) is 22.8. The summed E-state index contributed by atoms with van der Waals surface area (Å²) in [5, 5.41) is 5.11. The van der Waals surface area contributed by atoms with Crippen LogP contribution in [0.1, 0.15) is 31.6 Å². The lowest BCUT2D eigenvalue weighted by molar-refractivity contribution is -0.121. The van der Waals surface area contributed by atoms with Crippen molar-refractivity contribution in [1.29, 1.82) is 0 Å². The number of aromatic nitrogens is 2. The maximum atomic E-state index is 12.9. The maximum Gasteiger partial charge on any atom is 0.228 e. The molecule has 0 bridgehead atoms. The predicted octanol–water partition coefficient (Wildman–Crippen LogP) is 3.94. The zero-order valence-corrected chi connectivity index (χ0v) is 18.9. The fourth-order valence-electron chi connectivity index (χ4n) is 4.98. The Morgan fingerprint density at radius 2 is 1.84 bits per heavy atom. The highest BCUT2D eigenvalue weighted by atomic mass is 16.3. The fourth-order valence-corrected chi connectivity index (χ4v) is 4.98. The molecule has 168 valence electrons. The van der Waals surface area contributed by atoms with Gasteiger partial charge in [-0.25, -0.2) is 9.97 Å². The molecular weight excluding hydrogens is 402 g/mol. The standard InChI is InChI=1S/C25H31N5O2/c1-17-27-23(16-32-17)19-3-4-20-15-26-24(14-21(20)13-19)28-25(31)18-5-7-22(8-6-18)30-11-9-29(2)10-12-30/h3-4,13-16,18,22H,5-12H2,1-2H3,(H,26,28,31). The van der Waals surface area contributed by atoms with Crippen molar-refractivity contribution in [2.24, 2.45) is 5.92 Å². The van der Waals surface area contributed by atoms with E-state index in [-0.39, 0.29) is 11.8 Å². The molecule has 2 aliphatic rings. The number of rotatable bonds is 4. The highest BCUT2D eigenvalue weighted by molar-refractivity contribution is 5.95. The van der Waals surface area contributed by atoms with Gasteiger partial charge in [0, 0.05) is 62.2 Å². The topological polar surface area (TPSA) is 74.5 Å². The molecule has 0 radical (unpaired) electrons. The van der Waals surface area contributed by atoms with Gasteiger partial charge in [0.1, 0.15) is 17.8 Å². The van der Waals surface area contributed by atoms with Gasteiger partial charge in [-0.3, -0.25) is 9.69 Å². The van der Waals surface area contributed by atoms with Crippen LogP contribution in [-0.2, 0) is 4.79 Å². The second-order valence-electron chi connectivity index (χ2n) is 9.22. The van der Waals surface area contributed by atoms with Crippen molar-refractivity contribution in [1.82, 2.24) is 19.8 Å². The van der Waals surface area contributed by atoms with Gasteiger partial charge >= 0.3 is 0 Å². The number of nitrogens with zero attached hydrogens (tertiary/aromatic N) is 4. The largest absolute Gasteiger partial charge is 0.449 e. The molecule has 1 aliphatic carbocycles. The van der Waals surface area contributed by atoms with Crippen LogP contribution in [0, 0.1) is 12.8 Å². The maximum absolute atomic E-state index is 12.9. The number of nitrogens with one attached hydrogen (secondary N) is 1. The Morgan fingerprint density at radius 3 is 2.56 bits per heavy atom. The molecule has 2 fully saturated rings. The average Bonchev–Trinajstić information content (AvgIpc) is 3.25. The first kappa shape index (κ1) is 21.1. The molecule has 7 nitrogen and oxygen atoms in total. The number of amides is 1. The van der Waals surface area contributed by atoms with E-state index in [9.17, 15) is 4.79 Å². The zero-order chi connectivity index (χ0) is 22.1. The van der Waals surface area contributed by atoms with Crippen molar-refractivity contribution in [2.75, 3.05) is 38.5 Å². The minimum Gasteiger partial charge on any atom is -0.449 e. The van der Waals surface area contributed by atoms with Crippen LogP contribution in [0.3, 0.4) is 0 Å².